The van der Waals surface area contributed by atoms with Crippen LogP contribution in [0.2, 0.25) is 10.0 Å². The van der Waals surface area contributed by atoms with Crippen LogP contribution in [-0.2, 0) is 37.5 Å². The fourth-order valence-electron chi connectivity index (χ4n) is 2.75. The largest absolute Gasteiger partial charge is 0.478 e. The molecule has 0 aliphatic carbocycles. The maximum Gasteiger partial charge on any atom is 0.337 e. The molecule has 1 radical (unpaired) electrons. The van der Waals surface area contributed by atoms with Crippen molar-refractivity contribution in [3.05, 3.63) is 144 Å². The number of nitrogens with one attached hydrogen (secondary N) is 2. The summed E-state index contributed by atoms with van der Waals surface area (Å²) < 4.78 is 3.91. The maximum absolute atomic E-state index is 11.5. The Kier molecular flexibility index (Phi) is 66.2. The fourth-order valence-corrected chi connectivity index (χ4v) is 4.87. The molecule has 15 heteroatoms. The summed E-state index contributed by atoms with van der Waals surface area (Å²) in [6.45, 7) is 20.3. The zero-order valence-electron chi connectivity index (χ0n) is 35.7. The maximum atomic E-state index is 11.5. The van der Waals surface area contributed by atoms with Crippen LogP contribution in [-0.4, -0.2) is 49.1 Å². The van der Waals surface area contributed by atoms with E-state index in [1.807, 2.05) is 109 Å². The summed E-state index contributed by atoms with van der Waals surface area (Å²) in [6.07, 6.45) is 2.01. The van der Waals surface area contributed by atoms with Crippen molar-refractivity contribution in [1.29, 1.82) is 0 Å². The van der Waals surface area contributed by atoms with Crippen LogP contribution in [0.5, 0.6) is 0 Å². The molecular weight excluding hydrogens is 1120 g/mol. The Morgan fingerprint density at radius 2 is 0.966 bits per heavy atom. The Labute approximate surface area is 419 Å². The molecule has 0 aliphatic heterocycles. The molecule has 0 aromatic heterocycles. The van der Waals surface area contributed by atoms with Gasteiger partial charge in [-0.25, -0.2) is 4.79 Å². The number of hydrogen-bond acceptors (Lipinski definition) is 5. The molecule has 58 heavy (non-hydrogen) atoms. The van der Waals surface area contributed by atoms with Gasteiger partial charge in [0.05, 0.1) is 21.2 Å². The van der Waals surface area contributed by atoms with Gasteiger partial charge in [-0.2, -0.15) is 0 Å². The molecule has 0 saturated carbocycles. The first-order valence-electron chi connectivity index (χ1n) is 18.1. The van der Waals surface area contributed by atoms with Crippen LogP contribution in [0.15, 0.2) is 115 Å². The van der Waals surface area contributed by atoms with Gasteiger partial charge in [0.1, 0.15) is 0 Å². The Morgan fingerprint density at radius 1 is 0.621 bits per heavy atom. The molecule has 2 amide bonds. The number of amides is 2. The number of carboxylic acids is 1. The van der Waals surface area contributed by atoms with Gasteiger partial charge in [-0.15, -0.1) is 0 Å². The predicted octanol–water partition coefficient (Wildman–Crippen LogP) is 13.9. The molecule has 0 bridgehead atoms. The molecule has 0 fully saturated rings. The van der Waals surface area contributed by atoms with Gasteiger partial charge in [0, 0.05) is 70.6 Å². The number of carbonyl (C=O) groups excluding carboxylic acids is 2. The molecule has 7 N–H and O–H groups in total. The normalized spacial score (nSPS) is 8.16. The van der Waals surface area contributed by atoms with E-state index in [1.165, 1.54) is 13.0 Å². The third-order valence-corrected chi connectivity index (χ3v) is 7.72. The molecule has 0 spiro atoms. The van der Waals surface area contributed by atoms with Crippen LogP contribution >= 0.6 is 86.9 Å². The zero-order valence-corrected chi connectivity index (χ0v) is 46.3. The Hall–Kier alpha value is -1.19. The van der Waals surface area contributed by atoms with Crippen molar-refractivity contribution in [2.45, 2.75) is 75.2 Å². The van der Waals surface area contributed by atoms with Gasteiger partial charge in [-0.3, -0.25) is 9.59 Å². The summed E-state index contributed by atoms with van der Waals surface area (Å²) >= 11 is 24.6. The first-order valence-corrected chi connectivity index (χ1v) is 22.0. The van der Waals surface area contributed by atoms with Crippen molar-refractivity contribution in [1.82, 2.24) is 10.6 Å². The summed E-state index contributed by atoms with van der Waals surface area (Å²) in [7, 11) is 0. The van der Waals surface area contributed by atoms with E-state index in [1.54, 1.807) is 30.3 Å². The smallest absolute Gasteiger partial charge is 0.337 e. The molecular formula is C43H65Br4Cl2N4O4Y-. The average molecular weight is 1180 g/mol. The van der Waals surface area contributed by atoms with Gasteiger partial charge >= 0.3 is 5.97 Å². The molecule has 8 nitrogen and oxygen atoms in total. The van der Waals surface area contributed by atoms with Gasteiger partial charge in [-0.05, 0) is 93.5 Å². The number of carbonyl (C=O) groups is 3. The summed E-state index contributed by atoms with van der Waals surface area (Å²) in [6, 6.07) is 29.8. The van der Waals surface area contributed by atoms with E-state index in [9.17, 15) is 14.4 Å². The summed E-state index contributed by atoms with van der Waals surface area (Å²) in [5.74, 6) is -1.09. The topological polar surface area (TPSA) is 148 Å². The SMILES string of the molecule is Brc1ccccc1.Brc1ccccc1.CC.CC.CCCN.CCCNC(=O)c1ccc(Br)cc1Cl.CCN.CCNC(C)=O.O=C(O)c1ccc(Br)cc1Cl.[CH3-].[Y]. The monoisotopic (exact) mass is 1180 g/mol. The van der Waals surface area contributed by atoms with Crippen molar-refractivity contribution in [2.75, 3.05) is 26.2 Å². The van der Waals surface area contributed by atoms with Crippen molar-refractivity contribution in [3.8, 4) is 0 Å². The molecule has 0 saturated heterocycles. The van der Waals surface area contributed by atoms with Gasteiger partial charge in [0.2, 0.25) is 5.91 Å². The summed E-state index contributed by atoms with van der Waals surface area (Å²) in [4.78, 5) is 31.9. The number of benzene rings is 4. The number of halogens is 6. The minimum absolute atomic E-state index is 0. The minimum Gasteiger partial charge on any atom is -0.478 e. The van der Waals surface area contributed by atoms with Crippen LogP contribution in [0, 0.1) is 7.43 Å². The van der Waals surface area contributed by atoms with E-state index in [0.717, 1.165) is 50.4 Å². The van der Waals surface area contributed by atoms with Crippen molar-refractivity contribution >= 4 is 105 Å². The van der Waals surface area contributed by atoms with E-state index in [2.05, 4.69) is 81.3 Å². The van der Waals surface area contributed by atoms with Crippen LogP contribution < -0.4 is 22.1 Å². The fraction of sp³-hybridized carbons (Fsp3) is 0.349. The molecule has 0 unspecified atom stereocenters. The Morgan fingerprint density at radius 3 is 1.17 bits per heavy atom. The van der Waals surface area contributed by atoms with Crippen LogP contribution in [0.4, 0.5) is 0 Å². The molecule has 0 atom stereocenters. The number of hydrogen-bond donors (Lipinski definition) is 5. The third-order valence-electron chi connectivity index (χ3n) is 5.05. The van der Waals surface area contributed by atoms with Crippen molar-refractivity contribution < 1.29 is 52.2 Å². The second kappa shape index (κ2) is 53.8. The molecule has 327 valence electrons. The number of rotatable bonds is 6. The molecule has 0 aliphatic rings. The Balaban J connectivity index is -0.000000107. The molecule has 0 heterocycles. The molecule has 4 aromatic carbocycles. The zero-order chi connectivity index (χ0) is 44.3. The van der Waals surface area contributed by atoms with Crippen molar-refractivity contribution in [2.24, 2.45) is 11.5 Å². The van der Waals surface area contributed by atoms with Gasteiger partial charge < -0.3 is 34.6 Å². The van der Waals surface area contributed by atoms with E-state index in [0.29, 0.717) is 17.1 Å². The second-order valence-corrected chi connectivity index (χ2v) is 14.2. The Bertz CT molecular complexity index is 1480. The summed E-state index contributed by atoms with van der Waals surface area (Å²) in [5.41, 5.74) is 10.5. The third kappa shape index (κ3) is 49.2. The molecule has 4 rings (SSSR count). The number of nitrogens with two attached hydrogens (primary N) is 2. The van der Waals surface area contributed by atoms with E-state index in [-0.39, 0.29) is 62.5 Å². The summed E-state index contributed by atoms with van der Waals surface area (Å²) in [5, 5.41) is 14.6. The van der Waals surface area contributed by atoms with Gasteiger partial charge in [0.25, 0.3) is 5.91 Å². The minimum atomic E-state index is -1.01. The van der Waals surface area contributed by atoms with Crippen LogP contribution in [0.1, 0.15) is 95.9 Å². The molecule has 4 aromatic rings. The number of aromatic carboxylic acids is 1. The first kappa shape index (κ1) is 71.3. The number of carboxylic acid groups (broad SMARTS) is 1. The standard InChI is InChI=1S/C10H11BrClNO.C7H4BrClO2.2C6H5Br.C4H9NO.C3H9N.C2H7N.2C2H6.CH3.Y/c1-2-5-13-10(14)8-4-3-7(11)6-9(8)12;8-4-1-2-5(7(10)11)6(9)3-4;2*7-6-4-2-1-3-5-6;1-3-5-4(2)6;1-2-3-4;1-2-3;2*1-2;;/h3-4,6H,2,5H2,1H3,(H,13,14);1-3H,(H,10,11);2*1-5H;3H2,1-2H3,(H,5,6);2-4H2,1H3;2-3H2,1H3;2*1-2H3;1H3;/q;;;;;;;;;-1;. The van der Waals surface area contributed by atoms with Gasteiger partial charge in [-0.1, -0.05) is 172 Å². The van der Waals surface area contributed by atoms with E-state index in [4.69, 9.17) is 39.8 Å². The second-order valence-electron chi connectivity index (χ2n) is 9.68. The van der Waals surface area contributed by atoms with Crippen LogP contribution in [0.25, 0.3) is 0 Å². The van der Waals surface area contributed by atoms with E-state index < -0.39 is 5.97 Å². The average Bonchev–Trinajstić information content (AvgIpc) is 3.17. The predicted molar refractivity (Wildman–Crippen MR) is 264 cm³/mol. The van der Waals surface area contributed by atoms with E-state index >= 15 is 0 Å². The quantitative estimate of drug-likeness (QED) is 0.122. The van der Waals surface area contributed by atoms with Crippen molar-refractivity contribution in [3.63, 3.8) is 0 Å². The van der Waals surface area contributed by atoms with Gasteiger partial charge in [0.15, 0.2) is 0 Å². The van der Waals surface area contributed by atoms with Crippen LogP contribution in [0.3, 0.4) is 0 Å². The first-order chi connectivity index (χ1) is 26.6.